The van der Waals surface area contributed by atoms with Gasteiger partial charge in [-0.25, -0.2) is 0 Å². The second kappa shape index (κ2) is 6.40. The standard InChI is InChI=1S/C11H16BrNOS2/c12-8-4-10(15-6-8)11(5-13)16-7-9-2-1-3-14-9/h4,6,9,11H,1-3,5,7,13H2. The molecule has 2 N–H and O–H groups in total. The molecule has 1 aromatic rings. The Balaban J connectivity index is 1.85. The van der Waals surface area contributed by atoms with E-state index in [2.05, 4.69) is 27.4 Å². The number of nitrogens with two attached hydrogens (primary N) is 1. The van der Waals surface area contributed by atoms with Crippen LogP contribution in [0.5, 0.6) is 0 Å². The molecule has 2 heterocycles. The zero-order valence-electron chi connectivity index (χ0n) is 9.02. The van der Waals surface area contributed by atoms with E-state index in [4.69, 9.17) is 10.5 Å². The van der Waals surface area contributed by atoms with Gasteiger partial charge in [-0.15, -0.1) is 23.1 Å². The van der Waals surface area contributed by atoms with Gasteiger partial charge < -0.3 is 10.5 Å². The Morgan fingerprint density at radius 2 is 2.56 bits per heavy atom. The molecule has 90 valence electrons. The van der Waals surface area contributed by atoms with Gasteiger partial charge in [0.2, 0.25) is 0 Å². The smallest absolute Gasteiger partial charge is 0.0666 e. The van der Waals surface area contributed by atoms with Crippen molar-refractivity contribution in [1.29, 1.82) is 0 Å². The second-order valence-corrected chi connectivity index (χ2v) is 6.95. The number of thiophene rings is 1. The van der Waals surface area contributed by atoms with Crippen LogP contribution in [0, 0.1) is 0 Å². The lowest BCUT2D eigenvalue weighted by atomic mass is 10.3. The molecule has 0 bridgehead atoms. The summed E-state index contributed by atoms with van der Waals surface area (Å²) in [5.41, 5.74) is 5.83. The van der Waals surface area contributed by atoms with Gasteiger partial charge >= 0.3 is 0 Å². The predicted octanol–water partition coefficient (Wildman–Crippen LogP) is 3.42. The van der Waals surface area contributed by atoms with Crippen molar-refractivity contribution >= 4 is 39.0 Å². The van der Waals surface area contributed by atoms with Gasteiger partial charge in [0.15, 0.2) is 0 Å². The summed E-state index contributed by atoms with van der Waals surface area (Å²) in [6, 6.07) is 2.17. The fourth-order valence-electron chi connectivity index (χ4n) is 1.76. The van der Waals surface area contributed by atoms with E-state index < -0.39 is 0 Å². The van der Waals surface area contributed by atoms with E-state index in [1.165, 1.54) is 17.7 Å². The summed E-state index contributed by atoms with van der Waals surface area (Å²) in [5.74, 6) is 1.07. The van der Waals surface area contributed by atoms with E-state index in [1.54, 1.807) is 11.3 Å². The molecule has 1 aliphatic heterocycles. The first kappa shape index (κ1) is 12.9. The number of thioether (sulfide) groups is 1. The third-order valence-electron chi connectivity index (χ3n) is 2.63. The molecule has 0 aliphatic carbocycles. The highest BCUT2D eigenvalue weighted by Crippen LogP contribution is 2.35. The van der Waals surface area contributed by atoms with Crippen molar-refractivity contribution in [2.24, 2.45) is 5.73 Å². The number of hydrogen-bond acceptors (Lipinski definition) is 4. The summed E-state index contributed by atoms with van der Waals surface area (Å²) in [5, 5.41) is 2.53. The first-order valence-corrected chi connectivity index (χ1v) is 8.19. The van der Waals surface area contributed by atoms with Crippen molar-refractivity contribution in [3.05, 3.63) is 20.8 Å². The number of halogens is 1. The summed E-state index contributed by atoms with van der Waals surface area (Å²) >= 11 is 7.18. The van der Waals surface area contributed by atoms with Gasteiger partial charge in [-0.05, 0) is 34.8 Å². The third kappa shape index (κ3) is 3.47. The Hall–Kier alpha value is 0.450. The molecule has 1 saturated heterocycles. The van der Waals surface area contributed by atoms with Crippen LogP contribution < -0.4 is 5.73 Å². The van der Waals surface area contributed by atoms with Gasteiger partial charge in [0.25, 0.3) is 0 Å². The fraction of sp³-hybridized carbons (Fsp3) is 0.636. The van der Waals surface area contributed by atoms with Crippen LogP contribution in [0.25, 0.3) is 0 Å². The first-order chi connectivity index (χ1) is 7.79. The summed E-state index contributed by atoms with van der Waals surface area (Å²) in [4.78, 5) is 1.36. The van der Waals surface area contributed by atoms with Crippen LogP contribution >= 0.6 is 39.0 Å². The van der Waals surface area contributed by atoms with Gasteiger partial charge in [0.05, 0.1) is 11.4 Å². The Bertz CT molecular complexity index is 326. The number of ether oxygens (including phenoxy) is 1. The number of hydrogen-bond donors (Lipinski definition) is 1. The van der Waals surface area contributed by atoms with Crippen molar-refractivity contribution in [2.75, 3.05) is 18.9 Å². The molecule has 16 heavy (non-hydrogen) atoms. The Morgan fingerprint density at radius 1 is 1.69 bits per heavy atom. The lowest BCUT2D eigenvalue weighted by molar-refractivity contribution is 0.129. The molecule has 0 spiro atoms. The molecule has 2 unspecified atom stereocenters. The summed E-state index contributed by atoms with van der Waals surface area (Å²) < 4.78 is 6.78. The highest BCUT2D eigenvalue weighted by Gasteiger charge is 2.19. The SMILES string of the molecule is NCC(SCC1CCCO1)c1cc(Br)cs1. The largest absolute Gasteiger partial charge is 0.377 e. The van der Waals surface area contributed by atoms with Gasteiger partial charge in [-0.1, -0.05) is 0 Å². The molecule has 0 saturated carbocycles. The van der Waals surface area contributed by atoms with Gasteiger partial charge in [0.1, 0.15) is 0 Å². The minimum atomic E-state index is 0.417. The summed E-state index contributed by atoms with van der Waals surface area (Å²) in [7, 11) is 0. The molecule has 1 fully saturated rings. The van der Waals surface area contributed by atoms with Crippen LogP contribution in [-0.4, -0.2) is 25.0 Å². The average Bonchev–Trinajstić information content (AvgIpc) is 2.91. The maximum atomic E-state index is 5.83. The van der Waals surface area contributed by atoms with Crippen molar-refractivity contribution in [2.45, 2.75) is 24.2 Å². The molecule has 2 nitrogen and oxygen atoms in total. The molecule has 1 aliphatic rings. The monoisotopic (exact) mass is 321 g/mol. The molecule has 0 aromatic carbocycles. The number of rotatable bonds is 5. The van der Waals surface area contributed by atoms with Crippen LogP contribution in [0.2, 0.25) is 0 Å². The molecule has 0 amide bonds. The predicted molar refractivity (Wildman–Crippen MR) is 75.2 cm³/mol. The fourth-order valence-corrected chi connectivity index (χ4v) is 4.65. The van der Waals surface area contributed by atoms with Crippen LogP contribution in [0.3, 0.4) is 0 Å². The van der Waals surface area contributed by atoms with E-state index in [-0.39, 0.29) is 0 Å². The maximum Gasteiger partial charge on any atom is 0.0666 e. The minimum Gasteiger partial charge on any atom is -0.377 e. The second-order valence-electron chi connectivity index (χ2n) is 3.86. The Labute approximate surface area is 113 Å². The van der Waals surface area contributed by atoms with E-state index in [1.807, 2.05) is 11.8 Å². The molecular weight excluding hydrogens is 306 g/mol. The topological polar surface area (TPSA) is 35.2 Å². The quantitative estimate of drug-likeness (QED) is 0.902. The van der Waals surface area contributed by atoms with E-state index in [9.17, 15) is 0 Å². The third-order valence-corrected chi connectivity index (χ3v) is 6.00. The van der Waals surface area contributed by atoms with Gasteiger partial charge in [-0.3, -0.25) is 0 Å². The molecule has 2 atom stereocenters. The van der Waals surface area contributed by atoms with Gasteiger partial charge in [0, 0.05) is 33.6 Å². The van der Waals surface area contributed by atoms with E-state index >= 15 is 0 Å². The molecule has 0 radical (unpaired) electrons. The van der Waals surface area contributed by atoms with Crippen molar-refractivity contribution in [3.8, 4) is 0 Å². The molecule has 5 heteroatoms. The Morgan fingerprint density at radius 3 is 3.12 bits per heavy atom. The first-order valence-electron chi connectivity index (χ1n) is 5.47. The Kier molecular flexibility index (Phi) is 5.16. The highest BCUT2D eigenvalue weighted by atomic mass is 79.9. The molecule has 1 aromatic heterocycles. The van der Waals surface area contributed by atoms with Crippen molar-refractivity contribution in [3.63, 3.8) is 0 Å². The van der Waals surface area contributed by atoms with E-state index in [0.29, 0.717) is 17.9 Å². The van der Waals surface area contributed by atoms with E-state index in [0.717, 1.165) is 16.8 Å². The zero-order valence-corrected chi connectivity index (χ0v) is 12.2. The minimum absolute atomic E-state index is 0.417. The van der Waals surface area contributed by atoms with Crippen LogP contribution in [0.4, 0.5) is 0 Å². The van der Waals surface area contributed by atoms with Crippen LogP contribution in [0.15, 0.2) is 15.9 Å². The van der Waals surface area contributed by atoms with Crippen molar-refractivity contribution < 1.29 is 4.74 Å². The van der Waals surface area contributed by atoms with Gasteiger partial charge in [-0.2, -0.15) is 0 Å². The normalized spacial score (nSPS) is 22.5. The summed E-state index contributed by atoms with van der Waals surface area (Å²) in [6.45, 7) is 1.63. The summed E-state index contributed by atoms with van der Waals surface area (Å²) in [6.07, 6.45) is 2.86. The van der Waals surface area contributed by atoms with Crippen LogP contribution in [0.1, 0.15) is 23.0 Å². The van der Waals surface area contributed by atoms with Crippen molar-refractivity contribution in [1.82, 2.24) is 0 Å². The molecule has 2 rings (SSSR count). The average molecular weight is 322 g/mol. The highest BCUT2D eigenvalue weighted by molar-refractivity contribution is 9.10. The zero-order chi connectivity index (χ0) is 11.4. The maximum absolute atomic E-state index is 5.83. The lowest BCUT2D eigenvalue weighted by Gasteiger charge is -2.15. The van der Waals surface area contributed by atoms with Crippen LogP contribution in [-0.2, 0) is 4.74 Å². The molecular formula is C11H16BrNOS2. The lowest BCUT2D eigenvalue weighted by Crippen LogP contribution is -2.14.